The van der Waals surface area contributed by atoms with Crippen molar-refractivity contribution in [2.24, 2.45) is 7.05 Å². The highest BCUT2D eigenvalue weighted by Crippen LogP contribution is 2.08. The molecule has 82 valence electrons. The van der Waals surface area contributed by atoms with Crippen LogP contribution in [0.1, 0.15) is 12.0 Å². The van der Waals surface area contributed by atoms with E-state index >= 15 is 0 Å². The standard InChI is InChI=1S/C13H9N3O/c1-16-9-15-12-6-5-10(4-2-3-7-14)8-11(12)13(16)17/h5-6,8-9H,3H2,1H3. The normalized spacial score (nSPS) is 9.41. The molecule has 1 aromatic heterocycles. The van der Waals surface area contributed by atoms with Crippen molar-refractivity contribution in [2.45, 2.75) is 6.42 Å². The Labute approximate surface area is 98.1 Å². The molecule has 17 heavy (non-hydrogen) atoms. The summed E-state index contributed by atoms with van der Waals surface area (Å²) in [6.07, 6.45) is 1.68. The van der Waals surface area contributed by atoms with Gasteiger partial charge in [-0.2, -0.15) is 5.26 Å². The van der Waals surface area contributed by atoms with Gasteiger partial charge in [0.15, 0.2) is 0 Å². The third kappa shape index (κ3) is 2.16. The number of hydrogen-bond acceptors (Lipinski definition) is 3. The fourth-order valence-corrected chi connectivity index (χ4v) is 1.47. The van der Waals surface area contributed by atoms with E-state index in [0.29, 0.717) is 10.9 Å². The second-order valence-electron chi connectivity index (χ2n) is 3.53. The maximum atomic E-state index is 11.8. The zero-order chi connectivity index (χ0) is 12.3. The number of hydrogen-bond donors (Lipinski definition) is 0. The quantitative estimate of drug-likeness (QED) is 0.630. The van der Waals surface area contributed by atoms with E-state index in [-0.39, 0.29) is 12.0 Å². The molecule has 0 aliphatic rings. The van der Waals surface area contributed by atoms with E-state index in [2.05, 4.69) is 16.8 Å². The van der Waals surface area contributed by atoms with Crippen molar-refractivity contribution in [1.82, 2.24) is 9.55 Å². The molecule has 0 aliphatic carbocycles. The smallest absolute Gasteiger partial charge is 0.260 e. The molecule has 0 spiro atoms. The first-order chi connectivity index (χ1) is 8.22. The van der Waals surface area contributed by atoms with Crippen molar-refractivity contribution in [3.63, 3.8) is 0 Å². The molecule has 0 radical (unpaired) electrons. The molecule has 2 rings (SSSR count). The third-order valence-corrected chi connectivity index (χ3v) is 2.32. The Morgan fingerprint density at radius 2 is 2.29 bits per heavy atom. The van der Waals surface area contributed by atoms with Crippen LogP contribution in [-0.4, -0.2) is 9.55 Å². The van der Waals surface area contributed by atoms with Crippen molar-refractivity contribution < 1.29 is 0 Å². The highest BCUT2D eigenvalue weighted by atomic mass is 16.1. The number of benzene rings is 1. The summed E-state index contributed by atoms with van der Waals surface area (Å²) < 4.78 is 1.43. The van der Waals surface area contributed by atoms with Crippen LogP contribution in [0.25, 0.3) is 10.9 Å². The molecule has 0 unspecified atom stereocenters. The van der Waals surface area contributed by atoms with E-state index in [1.165, 1.54) is 10.9 Å². The Balaban J connectivity index is 2.59. The molecule has 0 N–H and O–H groups in total. The molecular formula is C13H9N3O. The predicted octanol–water partition coefficient (Wildman–Crippen LogP) is 1.20. The number of rotatable bonds is 0. The van der Waals surface area contributed by atoms with Crippen molar-refractivity contribution >= 4 is 10.9 Å². The minimum atomic E-state index is -0.0982. The Hall–Kier alpha value is -2.59. The zero-order valence-electron chi connectivity index (χ0n) is 9.27. The number of aryl methyl sites for hydroxylation is 1. The molecule has 0 saturated heterocycles. The molecule has 0 aliphatic heterocycles. The first-order valence-electron chi connectivity index (χ1n) is 5.03. The van der Waals surface area contributed by atoms with Gasteiger partial charge < -0.3 is 4.57 Å². The van der Waals surface area contributed by atoms with Gasteiger partial charge in [-0.05, 0) is 18.2 Å². The molecule has 0 atom stereocenters. The fraction of sp³-hybridized carbons (Fsp3) is 0.154. The van der Waals surface area contributed by atoms with Gasteiger partial charge in [0.1, 0.15) is 0 Å². The average molecular weight is 223 g/mol. The Kier molecular flexibility index (Phi) is 2.89. The predicted molar refractivity (Wildman–Crippen MR) is 64.1 cm³/mol. The van der Waals surface area contributed by atoms with Gasteiger partial charge in [-0.15, -0.1) is 0 Å². The Morgan fingerprint density at radius 1 is 1.47 bits per heavy atom. The first kappa shape index (κ1) is 10.9. The molecular weight excluding hydrogens is 214 g/mol. The Morgan fingerprint density at radius 3 is 3.06 bits per heavy atom. The van der Waals surface area contributed by atoms with Crippen LogP contribution in [0.5, 0.6) is 0 Å². The summed E-state index contributed by atoms with van der Waals surface area (Å²) in [6, 6.07) is 7.20. The molecule has 4 nitrogen and oxygen atoms in total. The van der Waals surface area contributed by atoms with Gasteiger partial charge in [-0.1, -0.05) is 11.8 Å². The summed E-state index contributed by atoms with van der Waals surface area (Å²) in [5, 5.41) is 8.92. The zero-order valence-corrected chi connectivity index (χ0v) is 9.27. The molecule has 0 bridgehead atoms. The maximum absolute atomic E-state index is 11.8. The summed E-state index contributed by atoms with van der Waals surface area (Å²) in [4.78, 5) is 16.0. The number of fused-ring (bicyclic) bond motifs is 1. The maximum Gasteiger partial charge on any atom is 0.260 e. The van der Waals surface area contributed by atoms with E-state index in [9.17, 15) is 4.79 Å². The molecule has 2 aromatic rings. The van der Waals surface area contributed by atoms with Gasteiger partial charge in [0.25, 0.3) is 5.56 Å². The summed E-state index contributed by atoms with van der Waals surface area (Å²) in [5.74, 6) is 5.55. The lowest BCUT2D eigenvalue weighted by Gasteiger charge is -2.00. The molecule has 4 heteroatoms. The van der Waals surface area contributed by atoms with Gasteiger partial charge in [-0.3, -0.25) is 4.79 Å². The van der Waals surface area contributed by atoms with Crippen LogP contribution < -0.4 is 5.56 Å². The largest absolute Gasteiger partial charge is 0.302 e. The van der Waals surface area contributed by atoms with Gasteiger partial charge in [0.2, 0.25) is 0 Å². The van der Waals surface area contributed by atoms with Crippen LogP contribution in [0, 0.1) is 23.2 Å². The fourth-order valence-electron chi connectivity index (χ4n) is 1.47. The van der Waals surface area contributed by atoms with E-state index in [1.54, 1.807) is 25.2 Å². The van der Waals surface area contributed by atoms with Gasteiger partial charge >= 0.3 is 0 Å². The highest BCUT2D eigenvalue weighted by Gasteiger charge is 2.01. The van der Waals surface area contributed by atoms with E-state index in [1.807, 2.05) is 6.07 Å². The number of aromatic nitrogens is 2. The van der Waals surface area contributed by atoms with Crippen molar-refractivity contribution in [3.8, 4) is 17.9 Å². The van der Waals surface area contributed by atoms with Gasteiger partial charge in [0, 0.05) is 12.6 Å². The van der Waals surface area contributed by atoms with Gasteiger partial charge in [-0.25, -0.2) is 4.98 Å². The van der Waals surface area contributed by atoms with E-state index < -0.39 is 0 Å². The Bertz CT molecular complexity index is 726. The summed E-state index contributed by atoms with van der Waals surface area (Å²) in [5.41, 5.74) is 1.27. The molecule has 1 aromatic carbocycles. The van der Waals surface area contributed by atoms with E-state index in [0.717, 1.165) is 5.56 Å². The van der Waals surface area contributed by atoms with E-state index in [4.69, 9.17) is 5.26 Å². The summed E-state index contributed by atoms with van der Waals surface area (Å²) in [6.45, 7) is 0. The molecule has 0 saturated carbocycles. The van der Waals surface area contributed by atoms with Crippen molar-refractivity contribution in [3.05, 3.63) is 40.4 Å². The summed E-state index contributed by atoms with van der Waals surface area (Å²) in [7, 11) is 1.66. The lowest BCUT2D eigenvalue weighted by Crippen LogP contribution is -2.16. The van der Waals surface area contributed by atoms with Crippen LogP contribution in [0.2, 0.25) is 0 Å². The molecule has 0 fully saturated rings. The lowest BCUT2D eigenvalue weighted by atomic mass is 10.1. The molecule has 1 heterocycles. The average Bonchev–Trinajstić information content (AvgIpc) is 2.35. The minimum Gasteiger partial charge on any atom is -0.302 e. The third-order valence-electron chi connectivity index (χ3n) is 2.32. The van der Waals surface area contributed by atoms with Crippen LogP contribution in [0.4, 0.5) is 0 Å². The second kappa shape index (κ2) is 4.51. The highest BCUT2D eigenvalue weighted by molar-refractivity contribution is 5.78. The van der Waals surface area contributed by atoms with Crippen molar-refractivity contribution in [2.75, 3.05) is 0 Å². The van der Waals surface area contributed by atoms with Crippen LogP contribution in [-0.2, 0) is 7.05 Å². The minimum absolute atomic E-state index is 0.0982. The van der Waals surface area contributed by atoms with Crippen LogP contribution >= 0.6 is 0 Å². The SMILES string of the molecule is Cn1cnc2ccc(C#CCC#N)cc2c1=O. The van der Waals surface area contributed by atoms with Gasteiger partial charge in [0.05, 0.1) is 29.7 Å². The monoisotopic (exact) mass is 223 g/mol. The molecule has 0 amide bonds. The topological polar surface area (TPSA) is 58.7 Å². The number of nitriles is 1. The first-order valence-corrected chi connectivity index (χ1v) is 5.03. The lowest BCUT2D eigenvalue weighted by molar-refractivity contribution is 0.843. The number of nitrogens with zero attached hydrogens (tertiary/aromatic N) is 3. The second-order valence-corrected chi connectivity index (χ2v) is 3.53. The van der Waals surface area contributed by atoms with Crippen molar-refractivity contribution in [1.29, 1.82) is 5.26 Å². The summed E-state index contributed by atoms with van der Waals surface area (Å²) >= 11 is 0. The van der Waals surface area contributed by atoms with Crippen LogP contribution in [0.3, 0.4) is 0 Å². The van der Waals surface area contributed by atoms with Crippen LogP contribution in [0.15, 0.2) is 29.3 Å².